The van der Waals surface area contributed by atoms with Crippen molar-refractivity contribution in [2.24, 2.45) is 17.6 Å². The van der Waals surface area contributed by atoms with Crippen molar-refractivity contribution in [1.29, 1.82) is 0 Å². The van der Waals surface area contributed by atoms with E-state index in [0.717, 1.165) is 6.42 Å². The maximum Gasteiger partial charge on any atom is 0.339 e. The predicted molar refractivity (Wildman–Crippen MR) is 134 cm³/mol. The van der Waals surface area contributed by atoms with Crippen LogP contribution in [0.3, 0.4) is 0 Å². The highest BCUT2D eigenvalue weighted by Crippen LogP contribution is 2.28. The van der Waals surface area contributed by atoms with E-state index in [1.807, 2.05) is 35.0 Å². The molecule has 212 valence electrons. The van der Waals surface area contributed by atoms with E-state index in [-0.39, 0.29) is 12.6 Å². The van der Waals surface area contributed by atoms with E-state index in [0.29, 0.717) is 29.3 Å². The molecule has 0 radical (unpaired) electrons. The van der Waals surface area contributed by atoms with Crippen LogP contribution in [0.2, 0.25) is 0 Å². The minimum absolute atomic E-state index is 0.0378. The number of aliphatic hydroxyl groups is 3. The van der Waals surface area contributed by atoms with Crippen LogP contribution in [0.1, 0.15) is 71.6 Å². The summed E-state index contributed by atoms with van der Waals surface area (Å²) in [4.78, 5) is 32.8. The number of aliphatic hydroxyl groups excluding tert-OH is 2. The van der Waals surface area contributed by atoms with Crippen molar-refractivity contribution in [2.75, 3.05) is 34.3 Å². The molecule has 1 fully saturated rings. The molecule has 0 amide bonds. The van der Waals surface area contributed by atoms with Gasteiger partial charge in [0.25, 0.3) is 0 Å². The summed E-state index contributed by atoms with van der Waals surface area (Å²) in [6.45, 7) is 4.50. The summed E-state index contributed by atoms with van der Waals surface area (Å²) in [7, 11) is 5.57. The summed E-state index contributed by atoms with van der Waals surface area (Å²) in [6, 6.07) is -0.271. The molecule has 1 rings (SSSR count). The minimum Gasteiger partial charge on any atom is -0.481 e. The van der Waals surface area contributed by atoms with Gasteiger partial charge in [-0.1, -0.05) is 46.0 Å². The molecule has 1 aliphatic rings. The van der Waals surface area contributed by atoms with Crippen molar-refractivity contribution < 1.29 is 49.1 Å². The highest BCUT2D eigenvalue weighted by Gasteiger charge is 2.42. The standard InChI is InChI=1S/C14H29NO2.C11H19NO7/c1-10(2)8-13(16)14(17)12(15)9-11-6-4-3-5-7-11;1-12(2,3)4-5-19-10(17)11(18,6-8(13)14)7-9(15)16/h10-14,16-17H,3-9,15H2,1-2H3;18H,4-7H2,1-3H3,(H-,13,14,15,16)/p+1/t12-,13-,14+;/m0./s1. The molecule has 3 atom stereocenters. The second-order valence-corrected chi connectivity index (χ2v) is 11.4. The van der Waals surface area contributed by atoms with Crippen LogP contribution in [-0.2, 0) is 19.1 Å². The Morgan fingerprint density at radius 3 is 1.92 bits per heavy atom. The molecule has 7 N–H and O–H groups in total. The average Bonchev–Trinajstić information content (AvgIpc) is 2.71. The normalized spacial score (nSPS) is 17.5. The van der Waals surface area contributed by atoms with Gasteiger partial charge >= 0.3 is 17.9 Å². The topological polar surface area (TPSA) is 188 Å². The molecule has 11 nitrogen and oxygen atoms in total. The van der Waals surface area contributed by atoms with Gasteiger partial charge in [0, 0.05) is 6.04 Å². The van der Waals surface area contributed by atoms with Crippen LogP contribution in [0.15, 0.2) is 0 Å². The number of hydrogen-bond donors (Lipinski definition) is 6. The van der Waals surface area contributed by atoms with Crippen LogP contribution in [-0.4, -0.2) is 106 Å². The van der Waals surface area contributed by atoms with E-state index in [1.54, 1.807) is 0 Å². The van der Waals surface area contributed by atoms with Crippen molar-refractivity contribution in [2.45, 2.75) is 95.5 Å². The van der Waals surface area contributed by atoms with E-state index in [4.69, 9.17) is 20.7 Å². The van der Waals surface area contributed by atoms with Crippen LogP contribution in [0.4, 0.5) is 0 Å². The molecule has 0 aromatic heterocycles. The minimum atomic E-state index is -2.54. The number of carbonyl (C=O) groups excluding carboxylic acids is 1. The number of aliphatic carboxylic acids is 2. The van der Waals surface area contributed by atoms with Crippen LogP contribution in [0.5, 0.6) is 0 Å². The summed E-state index contributed by atoms with van der Waals surface area (Å²) < 4.78 is 5.26. The van der Waals surface area contributed by atoms with Gasteiger partial charge in [-0.05, 0) is 24.7 Å². The predicted octanol–water partition coefficient (Wildman–Crippen LogP) is 0.968. The van der Waals surface area contributed by atoms with Gasteiger partial charge < -0.3 is 40.5 Å². The smallest absolute Gasteiger partial charge is 0.339 e. The van der Waals surface area contributed by atoms with Crippen molar-refractivity contribution in [1.82, 2.24) is 0 Å². The maximum atomic E-state index is 11.6. The maximum absolute atomic E-state index is 11.6. The fourth-order valence-electron chi connectivity index (χ4n) is 4.11. The van der Waals surface area contributed by atoms with Gasteiger partial charge in [-0.25, -0.2) is 4.79 Å². The average molecular weight is 522 g/mol. The number of carboxylic acids is 2. The number of nitrogens with zero attached hydrogens (tertiary/aromatic N) is 1. The van der Waals surface area contributed by atoms with Crippen molar-refractivity contribution >= 4 is 17.9 Å². The molecule has 1 saturated carbocycles. The first-order chi connectivity index (χ1) is 16.5. The molecule has 36 heavy (non-hydrogen) atoms. The van der Waals surface area contributed by atoms with Crippen LogP contribution >= 0.6 is 0 Å². The third-order valence-electron chi connectivity index (χ3n) is 6.14. The van der Waals surface area contributed by atoms with Crippen LogP contribution < -0.4 is 5.73 Å². The van der Waals surface area contributed by atoms with Gasteiger partial charge in [0.1, 0.15) is 13.2 Å². The summed E-state index contributed by atoms with van der Waals surface area (Å²) in [5.74, 6) is -3.15. The van der Waals surface area contributed by atoms with Crippen LogP contribution in [0, 0.1) is 11.8 Å². The monoisotopic (exact) mass is 521 g/mol. The van der Waals surface area contributed by atoms with Gasteiger partial charge in [0.05, 0.1) is 46.2 Å². The number of quaternary nitrogens is 1. The number of esters is 1. The number of carbonyl (C=O) groups is 3. The Kier molecular flexibility index (Phi) is 15.3. The molecule has 0 aromatic rings. The third kappa shape index (κ3) is 15.4. The number of carboxylic acid groups (broad SMARTS) is 2. The Bertz CT molecular complexity index is 657. The lowest BCUT2D eigenvalue weighted by Crippen LogP contribution is -2.45. The van der Waals surface area contributed by atoms with E-state index in [1.165, 1.54) is 32.1 Å². The van der Waals surface area contributed by atoms with Crippen molar-refractivity contribution in [3.8, 4) is 0 Å². The largest absolute Gasteiger partial charge is 0.481 e. The second-order valence-electron chi connectivity index (χ2n) is 11.4. The Morgan fingerprint density at radius 1 is 1.00 bits per heavy atom. The van der Waals surface area contributed by atoms with Gasteiger partial charge in [0.15, 0.2) is 5.60 Å². The van der Waals surface area contributed by atoms with Gasteiger partial charge in [-0.2, -0.15) is 0 Å². The first-order valence-corrected chi connectivity index (χ1v) is 12.7. The zero-order valence-corrected chi connectivity index (χ0v) is 22.6. The van der Waals surface area contributed by atoms with Crippen LogP contribution in [0.25, 0.3) is 0 Å². The molecule has 11 heteroatoms. The zero-order valence-electron chi connectivity index (χ0n) is 22.6. The SMILES string of the molecule is CC(C)C[C@H](O)[C@H](O)[C@@H](N)CC1CCCCC1.C[N+](C)(C)CCOC(=O)C(O)(CC(=O)O)CC(=O)O. The second kappa shape index (κ2) is 16.1. The number of likely N-dealkylation sites (N-methyl/N-ethyl adjacent to an activating group) is 1. The number of nitrogens with two attached hydrogens (primary N) is 1. The Labute approximate surface area is 214 Å². The van der Waals surface area contributed by atoms with Gasteiger partial charge in [-0.15, -0.1) is 0 Å². The van der Waals surface area contributed by atoms with E-state index >= 15 is 0 Å². The van der Waals surface area contributed by atoms with Gasteiger partial charge in [-0.3, -0.25) is 9.59 Å². The Morgan fingerprint density at radius 2 is 1.50 bits per heavy atom. The zero-order chi connectivity index (χ0) is 28.1. The first-order valence-electron chi connectivity index (χ1n) is 12.7. The van der Waals surface area contributed by atoms with Crippen molar-refractivity contribution in [3.63, 3.8) is 0 Å². The molecule has 0 bridgehead atoms. The first kappa shape index (κ1) is 34.2. The Hall–Kier alpha value is -1.79. The number of ether oxygens (including phenoxy) is 1. The van der Waals surface area contributed by atoms with E-state index in [2.05, 4.69) is 0 Å². The number of hydrogen-bond acceptors (Lipinski definition) is 8. The molecular weight excluding hydrogens is 472 g/mol. The van der Waals surface area contributed by atoms with Crippen molar-refractivity contribution in [3.05, 3.63) is 0 Å². The lowest BCUT2D eigenvalue weighted by Gasteiger charge is -2.29. The molecule has 0 saturated heterocycles. The summed E-state index contributed by atoms with van der Waals surface area (Å²) in [6.07, 6.45) is 4.42. The molecule has 0 aromatic carbocycles. The number of rotatable bonds is 14. The highest BCUT2D eigenvalue weighted by molar-refractivity contribution is 5.89. The molecule has 1 aliphatic carbocycles. The fourth-order valence-corrected chi connectivity index (χ4v) is 4.11. The Balaban J connectivity index is 0.000000684. The van der Waals surface area contributed by atoms with Gasteiger partial charge in [0.2, 0.25) is 0 Å². The molecular formula is C25H49N2O9+. The molecule has 0 heterocycles. The lowest BCUT2D eigenvalue weighted by molar-refractivity contribution is -0.870. The van der Waals surface area contributed by atoms with E-state index < -0.39 is 48.6 Å². The summed E-state index contributed by atoms with van der Waals surface area (Å²) in [5, 5.41) is 46.9. The molecule has 0 spiro atoms. The third-order valence-corrected chi connectivity index (χ3v) is 6.14. The quantitative estimate of drug-likeness (QED) is 0.142. The summed E-state index contributed by atoms with van der Waals surface area (Å²) in [5.41, 5.74) is 3.48. The molecule has 0 aliphatic heterocycles. The summed E-state index contributed by atoms with van der Waals surface area (Å²) >= 11 is 0. The highest BCUT2D eigenvalue weighted by atomic mass is 16.6. The lowest BCUT2D eigenvalue weighted by atomic mass is 9.83. The fraction of sp³-hybridized carbons (Fsp3) is 0.880. The van der Waals surface area contributed by atoms with E-state index in [9.17, 15) is 29.7 Å². The molecule has 0 unspecified atom stereocenters.